The van der Waals surface area contributed by atoms with Gasteiger partial charge in [-0.15, -0.1) is 0 Å². The van der Waals surface area contributed by atoms with Crippen LogP contribution in [0.1, 0.15) is 33.1 Å². The van der Waals surface area contributed by atoms with Gasteiger partial charge in [0, 0.05) is 11.3 Å². The van der Waals surface area contributed by atoms with E-state index in [0.717, 1.165) is 24.6 Å². The van der Waals surface area contributed by atoms with E-state index in [0.29, 0.717) is 23.8 Å². The van der Waals surface area contributed by atoms with Gasteiger partial charge in [0.05, 0.1) is 13.1 Å². The molecule has 2 N–H and O–H groups in total. The van der Waals surface area contributed by atoms with Gasteiger partial charge in [-0.05, 0) is 25.2 Å². The van der Waals surface area contributed by atoms with Gasteiger partial charge in [0.2, 0.25) is 5.91 Å². The molecule has 1 fully saturated rings. The fourth-order valence-corrected chi connectivity index (χ4v) is 3.08. The summed E-state index contributed by atoms with van der Waals surface area (Å²) in [5, 5.41) is 7.59. The lowest BCUT2D eigenvalue weighted by atomic mass is 10.1. The Kier molecular flexibility index (Phi) is 4.31. The molecule has 4 nitrogen and oxygen atoms in total. The van der Waals surface area contributed by atoms with Gasteiger partial charge in [0.25, 0.3) is 0 Å². The van der Waals surface area contributed by atoms with Gasteiger partial charge in [-0.1, -0.05) is 25.6 Å². The molecule has 0 aromatic carbocycles. The molecule has 1 unspecified atom stereocenters. The molecule has 2 rings (SSSR count). The molecule has 0 radical (unpaired) electrons. The van der Waals surface area contributed by atoms with Crippen molar-refractivity contribution in [1.29, 1.82) is 0 Å². The summed E-state index contributed by atoms with van der Waals surface area (Å²) in [4.78, 5) is 15.9. The fourth-order valence-electron chi connectivity index (χ4n) is 1.83. The standard InChI is InChI=1S/C12H21N3OS/c1-8(2)5-10-6-13-12(17-10)14-7-11(16)15-9-3-4-9/h8-10H,3-7H2,1-2H3,(H,13,14)(H,15,16). The Hall–Kier alpha value is -0.710. The first-order valence-electron chi connectivity index (χ1n) is 6.38. The largest absolute Gasteiger partial charge is 0.356 e. The highest BCUT2D eigenvalue weighted by atomic mass is 32.2. The molecular formula is C12H21N3OS. The van der Waals surface area contributed by atoms with Crippen LogP contribution < -0.4 is 10.6 Å². The molecule has 0 spiro atoms. The van der Waals surface area contributed by atoms with Crippen molar-refractivity contribution in [2.24, 2.45) is 10.9 Å². The van der Waals surface area contributed by atoms with Crippen molar-refractivity contribution in [3.8, 4) is 0 Å². The van der Waals surface area contributed by atoms with Crippen LogP contribution in [0.5, 0.6) is 0 Å². The minimum Gasteiger partial charge on any atom is -0.356 e. The van der Waals surface area contributed by atoms with Gasteiger partial charge in [-0.25, -0.2) is 0 Å². The number of hydrogen-bond acceptors (Lipinski definition) is 4. The van der Waals surface area contributed by atoms with Crippen LogP contribution in [0.3, 0.4) is 0 Å². The lowest BCUT2D eigenvalue weighted by molar-refractivity contribution is -0.120. The zero-order valence-electron chi connectivity index (χ0n) is 10.5. The second-order valence-electron chi connectivity index (χ2n) is 5.21. The topological polar surface area (TPSA) is 53.5 Å². The van der Waals surface area contributed by atoms with Gasteiger partial charge in [0.1, 0.15) is 0 Å². The van der Waals surface area contributed by atoms with E-state index in [1.807, 2.05) is 0 Å². The number of nitrogens with one attached hydrogen (secondary N) is 2. The Bertz CT molecular complexity index is 313. The number of hydrogen-bond donors (Lipinski definition) is 2. The quantitative estimate of drug-likeness (QED) is 0.780. The van der Waals surface area contributed by atoms with Crippen LogP contribution in [0.4, 0.5) is 0 Å². The summed E-state index contributed by atoms with van der Waals surface area (Å²) in [6, 6.07) is 0.441. The average molecular weight is 255 g/mol. The van der Waals surface area contributed by atoms with Crippen LogP contribution >= 0.6 is 11.8 Å². The summed E-state index contributed by atoms with van der Waals surface area (Å²) in [6.07, 6.45) is 3.46. The second-order valence-corrected chi connectivity index (χ2v) is 6.50. The fraction of sp³-hybridized carbons (Fsp3) is 0.833. The summed E-state index contributed by atoms with van der Waals surface area (Å²) in [6.45, 7) is 5.70. The molecule has 5 heteroatoms. The number of carbonyl (C=O) groups is 1. The first kappa shape index (κ1) is 12.7. The van der Waals surface area contributed by atoms with E-state index < -0.39 is 0 Å². The molecule has 0 bridgehead atoms. The Labute approximate surface area is 107 Å². The summed E-state index contributed by atoms with van der Waals surface area (Å²) in [5.74, 6) is 0.795. The molecule has 1 saturated carbocycles. The molecule has 1 amide bonds. The second kappa shape index (κ2) is 5.76. The van der Waals surface area contributed by atoms with Gasteiger partial charge in [-0.3, -0.25) is 9.79 Å². The number of rotatable bonds is 5. The van der Waals surface area contributed by atoms with E-state index in [-0.39, 0.29) is 5.91 Å². The number of carbonyl (C=O) groups excluding carboxylic acids is 1. The highest BCUT2D eigenvalue weighted by Gasteiger charge is 2.24. The maximum atomic E-state index is 11.5. The molecule has 96 valence electrons. The number of nitrogens with zero attached hydrogens (tertiary/aromatic N) is 1. The SMILES string of the molecule is CC(C)CC1CN=C(NCC(=O)NC2CC2)S1. The van der Waals surface area contributed by atoms with Crippen molar-refractivity contribution in [1.82, 2.24) is 10.6 Å². The van der Waals surface area contributed by atoms with Gasteiger partial charge in [-0.2, -0.15) is 0 Å². The maximum absolute atomic E-state index is 11.5. The zero-order chi connectivity index (χ0) is 12.3. The Morgan fingerprint density at radius 2 is 2.29 bits per heavy atom. The normalized spacial score (nSPS) is 23.7. The van der Waals surface area contributed by atoms with E-state index in [1.54, 1.807) is 11.8 Å². The predicted octanol–water partition coefficient (Wildman–Crippen LogP) is 1.37. The third-order valence-electron chi connectivity index (χ3n) is 2.79. The van der Waals surface area contributed by atoms with Crippen LogP contribution in [0, 0.1) is 5.92 Å². The van der Waals surface area contributed by atoms with Gasteiger partial charge < -0.3 is 10.6 Å². The van der Waals surface area contributed by atoms with Crippen LogP contribution in [-0.4, -0.2) is 35.5 Å². The molecule has 0 aromatic rings. The number of thioether (sulfide) groups is 1. The van der Waals surface area contributed by atoms with E-state index in [4.69, 9.17) is 0 Å². The lowest BCUT2D eigenvalue weighted by Crippen LogP contribution is -2.36. The minimum atomic E-state index is 0.0862. The maximum Gasteiger partial charge on any atom is 0.239 e. The summed E-state index contributed by atoms with van der Waals surface area (Å²) in [7, 11) is 0. The molecule has 0 saturated heterocycles. The first-order valence-corrected chi connectivity index (χ1v) is 7.26. The average Bonchev–Trinajstić information content (AvgIpc) is 2.94. The molecule has 1 atom stereocenters. The molecule has 2 aliphatic rings. The van der Waals surface area contributed by atoms with Crippen molar-refractivity contribution in [2.75, 3.05) is 13.1 Å². The van der Waals surface area contributed by atoms with E-state index in [9.17, 15) is 4.79 Å². The summed E-state index contributed by atoms with van der Waals surface area (Å²) >= 11 is 1.77. The van der Waals surface area contributed by atoms with Crippen molar-refractivity contribution in [3.05, 3.63) is 0 Å². The molecule has 1 heterocycles. The number of amides is 1. The van der Waals surface area contributed by atoms with Gasteiger partial charge >= 0.3 is 0 Å². The van der Waals surface area contributed by atoms with E-state index in [2.05, 4.69) is 29.5 Å². The number of aliphatic imine (C=N–C) groups is 1. The molecule has 17 heavy (non-hydrogen) atoms. The molecule has 1 aliphatic heterocycles. The smallest absolute Gasteiger partial charge is 0.239 e. The monoisotopic (exact) mass is 255 g/mol. The highest BCUT2D eigenvalue weighted by Crippen LogP contribution is 2.25. The van der Waals surface area contributed by atoms with Crippen LogP contribution in [0.15, 0.2) is 4.99 Å². The van der Waals surface area contributed by atoms with Crippen molar-refractivity contribution < 1.29 is 4.79 Å². The van der Waals surface area contributed by atoms with Crippen LogP contribution in [0.2, 0.25) is 0 Å². The highest BCUT2D eigenvalue weighted by molar-refractivity contribution is 8.14. The third-order valence-corrected chi connectivity index (χ3v) is 3.97. The van der Waals surface area contributed by atoms with E-state index in [1.165, 1.54) is 6.42 Å². The summed E-state index contributed by atoms with van der Waals surface area (Å²) < 4.78 is 0. The zero-order valence-corrected chi connectivity index (χ0v) is 11.3. The van der Waals surface area contributed by atoms with Gasteiger partial charge in [0.15, 0.2) is 5.17 Å². The minimum absolute atomic E-state index is 0.0862. The third kappa shape index (κ3) is 4.58. The molecular weight excluding hydrogens is 234 g/mol. The van der Waals surface area contributed by atoms with Crippen molar-refractivity contribution in [3.63, 3.8) is 0 Å². The van der Waals surface area contributed by atoms with Crippen molar-refractivity contribution in [2.45, 2.75) is 44.4 Å². The van der Waals surface area contributed by atoms with Crippen molar-refractivity contribution >= 4 is 22.8 Å². The predicted molar refractivity (Wildman–Crippen MR) is 72.3 cm³/mol. The first-order chi connectivity index (χ1) is 8.13. The summed E-state index contributed by atoms with van der Waals surface area (Å²) in [5.41, 5.74) is 0. The lowest BCUT2D eigenvalue weighted by Gasteiger charge is -2.11. The molecule has 1 aliphatic carbocycles. The Morgan fingerprint density at radius 3 is 2.94 bits per heavy atom. The Balaban J connectivity index is 1.61. The van der Waals surface area contributed by atoms with Crippen LogP contribution in [0.25, 0.3) is 0 Å². The van der Waals surface area contributed by atoms with E-state index >= 15 is 0 Å². The van der Waals surface area contributed by atoms with Crippen LogP contribution in [-0.2, 0) is 4.79 Å². The molecule has 0 aromatic heterocycles. The Morgan fingerprint density at radius 1 is 1.53 bits per heavy atom. The number of amidine groups is 1.